The molecule has 19 heavy (non-hydrogen) atoms. The smallest absolute Gasteiger partial charge is 0.245 e. The molecule has 1 saturated heterocycles. The summed E-state index contributed by atoms with van der Waals surface area (Å²) in [5, 5.41) is 2.79. The topological polar surface area (TPSA) is 53.5 Å². The zero-order valence-electron chi connectivity index (χ0n) is 11.5. The number of rotatable bonds is 4. The number of thiazole rings is 1. The molecule has 1 fully saturated rings. The van der Waals surface area contributed by atoms with Gasteiger partial charge in [-0.2, -0.15) is 17.0 Å². The van der Waals surface area contributed by atoms with Crippen LogP contribution in [0.15, 0.2) is 5.38 Å². The van der Waals surface area contributed by atoms with Gasteiger partial charge in [0.05, 0.1) is 6.54 Å². The molecule has 108 valence electrons. The van der Waals surface area contributed by atoms with Gasteiger partial charge in [-0.3, -0.25) is 0 Å². The molecule has 1 aromatic heterocycles. The van der Waals surface area contributed by atoms with Crippen LogP contribution in [0, 0.1) is 6.92 Å². The molecule has 2 rings (SSSR count). The van der Waals surface area contributed by atoms with Crippen LogP contribution in [-0.2, 0) is 16.8 Å². The summed E-state index contributed by atoms with van der Waals surface area (Å²) in [6.45, 7) is 3.56. The Bertz CT molecular complexity index is 505. The summed E-state index contributed by atoms with van der Waals surface area (Å²) in [5.74, 6) is 0. The molecule has 5 nitrogen and oxygen atoms in total. The van der Waals surface area contributed by atoms with Crippen LogP contribution in [0.1, 0.15) is 36.4 Å². The maximum absolute atomic E-state index is 12.5. The van der Waals surface area contributed by atoms with Crippen LogP contribution in [0.5, 0.6) is 0 Å². The summed E-state index contributed by atoms with van der Waals surface area (Å²) in [6.07, 6.45) is 4.18. The van der Waals surface area contributed by atoms with E-state index in [4.69, 9.17) is 0 Å². The van der Waals surface area contributed by atoms with Crippen molar-refractivity contribution in [2.45, 2.75) is 39.2 Å². The molecular formula is C12H21N3O2S2. The van der Waals surface area contributed by atoms with Crippen molar-refractivity contribution in [1.82, 2.24) is 13.6 Å². The van der Waals surface area contributed by atoms with E-state index < -0.39 is 10.2 Å². The molecular weight excluding hydrogens is 282 g/mol. The van der Waals surface area contributed by atoms with Gasteiger partial charge in [-0.05, 0) is 19.8 Å². The predicted octanol–water partition coefficient (Wildman–Crippen LogP) is 2.00. The number of hydrogen-bond acceptors (Lipinski definition) is 4. The lowest BCUT2D eigenvalue weighted by Gasteiger charge is -2.25. The molecule has 0 radical (unpaired) electrons. The fourth-order valence-electron chi connectivity index (χ4n) is 2.22. The summed E-state index contributed by atoms with van der Waals surface area (Å²) in [6, 6.07) is 0. The molecule has 1 aromatic rings. The van der Waals surface area contributed by atoms with Crippen LogP contribution in [0.25, 0.3) is 0 Å². The Morgan fingerprint density at radius 3 is 2.47 bits per heavy atom. The summed E-state index contributed by atoms with van der Waals surface area (Å²) in [5.41, 5.74) is 0.945. The quantitative estimate of drug-likeness (QED) is 0.855. The second-order valence-electron chi connectivity index (χ2n) is 4.96. The summed E-state index contributed by atoms with van der Waals surface area (Å²) < 4.78 is 28.0. The first-order chi connectivity index (χ1) is 9.00. The van der Waals surface area contributed by atoms with Gasteiger partial charge < -0.3 is 0 Å². The van der Waals surface area contributed by atoms with Crippen LogP contribution < -0.4 is 0 Å². The van der Waals surface area contributed by atoms with Gasteiger partial charge in [0.2, 0.25) is 0 Å². The molecule has 0 atom stereocenters. The number of aromatic nitrogens is 1. The number of nitrogens with zero attached hydrogens (tertiary/aromatic N) is 3. The average molecular weight is 303 g/mol. The molecule has 0 aliphatic carbocycles. The third-order valence-electron chi connectivity index (χ3n) is 3.31. The minimum absolute atomic E-state index is 0.358. The van der Waals surface area contributed by atoms with Crippen LogP contribution in [-0.4, -0.2) is 42.1 Å². The first kappa shape index (κ1) is 14.9. The highest BCUT2D eigenvalue weighted by Crippen LogP contribution is 2.18. The molecule has 0 spiro atoms. The normalized spacial score (nSPS) is 18.7. The molecule has 1 aliphatic heterocycles. The van der Waals surface area contributed by atoms with Gasteiger partial charge in [-0.1, -0.05) is 12.8 Å². The second-order valence-corrected chi connectivity index (χ2v) is 7.94. The molecule has 0 aromatic carbocycles. The SMILES string of the molecule is Cc1csc(CN(C)S(=O)(=O)N2CCCCCC2)n1. The van der Waals surface area contributed by atoms with Gasteiger partial charge >= 0.3 is 0 Å². The first-order valence-corrected chi connectivity index (χ1v) is 8.90. The van der Waals surface area contributed by atoms with Crippen molar-refractivity contribution in [3.63, 3.8) is 0 Å². The van der Waals surface area contributed by atoms with E-state index in [1.807, 2.05) is 12.3 Å². The van der Waals surface area contributed by atoms with Gasteiger partial charge in [-0.15, -0.1) is 11.3 Å². The third-order valence-corrected chi connectivity index (χ3v) is 6.20. The van der Waals surface area contributed by atoms with E-state index in [9.17, 15) is 8.42 Å². The maximum atomic E-state index is 12.5. The van der Waals surface area contributed by atoms with E-state index in [0.717, 1.165) is 36.4 Å². The van der Waals surface area contributed by atoms with E-state index in [1.54, 1.807) is 11.4 Å². The molecule has 0 unspecified atom stereocenters. The number of hydrogen-bond donors (Lipinski definition) is 0. The third kappa shape index (κ3) is 3.75. The van der Waals surface area contributed by atoms with Gasteiger partial charge in [-0.25, -0.2) is 4.98 Å². The Kier molecular flexibility index (Phi) is 4.94. The maximum Gasteiger partial charge on any atom is 0.282 e. The highest BCUT2D eigenvalue weighted by atomic mass is 32.2. The van der Waals surface area contributed by atoms with Crippen molar-refractivity contribution in [1.29, 1.82) is 0 Å². The lowest BCUT2D eigenvalue weighted by Crippen LogP contribution is -2.42. The highest BCUT2D eigenvalue weighted by Gasteiger charge is 2.27. The average Bonchev–Trinajstić information content (AvgIpc) is 2.63. The van der Waals surface area contributed by atoms with Gasteiger partial charge in [0.25, 0.3) is 10.2 Å². The van der Waals surface area contributed by atoms with Crippen molar-refractivity contribution in [2.75, 3.05) is 20.1 Å². The largest absolute Gasteiger partial charge is 0.282 e. The van der Waals surface area contributed by atoms with Crippen LogP contribution in [0.2, 0.25) is 0 Å². The van der Waals surface area contributed by atoms with E-state index in [1.165, 1.54) is 15.6 Å². The van der Waals surface area contributed by atoms with E-state index in [-0.39, 0.29) is 0 Å². The highest BCUT2D eigenvalue weighted by molar-refractivity contribution is 7.86. The molecule has 0 N–H and O–H groups in total. The molecule has 0 saturated carbocycles. The predicted molar refractivity (Wildman–Crippen MR) is 77.3 cm³/mol. The van der Waals surface area contributed by atoms with E-state index >= 15 is 0 Å². The first-order valence-electron chi connectivity index (χ1n) is 6.62. The van der Waals surface area contributed by atoms with E-state index in [0.29, 0.717) is 19.6 Å². The summed E-state index contributed by atoms with van der Waals surface area (Å²) in [4.78, 5) is 4.32. The monoisotopic (exact) mass is 303 g/mol. The lowest BCUT2D eigenvalue weighted by molar-refractivity contribution is 0.363. The fraction of sp³-hybridized carbons (Fsp3) is 0.750. The van der Waals surface area contributed by atoms with Crippen molar-refractivity contribution in [3.8, 4) is 0 Å². The van der Waals surface area contributed by atoms with Crippen LogP contribution in [0.3, 0.4) is 0 Å². The molecule has 1 aliphatic rings. The van der Waals surface area contributed by atoms with Gasteiger partial charge in [0, 0.05) is 31.2 Å². The van der Waals surface area contributed by atoms with Gasteiger partial charge in [0.15, 0.2) is 0 Å². The van der Waals surface area contributed by atoms with Gasteiger partial charge in [0.1, 0.15) is 5.01 Å². The molecule has 2 heterocycles. The second kappa shape index (κ2) is 6.30. The standard InChI is InChI=1S/C12H21N3O2S2/c1-11-10-18-12(13-11)9-14(2)19(16,17)15-7-5-3-4-6-8-15/h10H,3-9H2,1-2H3. The molecule has 7 heteroatoms. The number of aryl methyl sites for hydroxylation is 1. The fourth-order valence-corrected chi connectivity index (χ4v) is 4.52. The van der Waals surface area contributed by atoms with Crippen LogP contribution >= 0.6 is 11.3 Å². The van der Waals surface area contributed by atoms with Crippen molar-refractivity contribution in [2.24, 2.45) is 0 Å². The molecule has 0 amide bonds. The van der Waals surface area contributed by atoms with Crippen LogP contribution in [0.4, 0.5) is 0 Å². The Labute approximate surface area is 119 Å². The van der Waals surface area contributed by atoms with Crippen molar-refractivity contribution >= 4 is 21.5 Å². The Morgan fingerprint density at radius 2 is 1.95 bits per heavy atom. The minimum Gasteiger partial charge on any atom is -0.245 e. The minimum atomic E-state index is -3.34. The van der Waals surface area contributed by atoms with Crippen molar-refractivity contribution < 1.29 is 8.42 Å². The Balaban J connectivity index is 2.05. The Hall–Kier alpha value is -0.500. The summed E-state index contributed by atoms with van der Waals surface area (Å²) in [7, 11) is -1.71. The van der Waals surface area contributed by atoms with Crippen molar-refractivity contribution in [3.05, 3.63) is 16.1 Å². The molecule has 0 bridgehead atoms. The summed E-state index contributed by atoms with van der Waals surface area (Å²) >= 11 is 1.51. The zero-order valence-corrected chi connectivity index (χ0v) is 13.1. The zero-order chi connectivity index (χ0) is 13.9. The van der Waals surface area contributed by atoms with E-state index in [2.05, 4.69) is 4.98 Å². The Morgan fingerprint density at radius 1 is 1.32 bits per heavy atom. The lowest BCUT2D eigenvalue weighted by atomic mass is 10.2.